The summed E-state index contributed by atoms with van der Waals surface area (Å²) in [5, 5.41) is 11.0. The Morgan fingerprint density at radius 3 is 2.56 bits per heavy atom. The molecule has 3 rings (SSSR count). The van der Waals surface area contributed by atoms with Gasteiger partial charge in [-0.2, -0.15) is 0 Å². The van der Waals surface area contributed by atoms with Crippen molar-refractivity contribution in [3.63, 3.8) is 0 Å². The van der Waals surface area contributed by atoms with Crippen molar-refractivity contribution in [2.24, 2.45) is 0 Å². The first-order valence-electron chi connectivity index (χ1n) is 9.10. The Labute approximate surface area is 190 Å². The highest BCUT2D eigenvalue weighted by atomic mass is 32.2. The smallest absolute Gasteiger partial charge is 0.282 e. The number of thioether (sulfide) groups is 1. The highest BCUT2D eigenvalue weighted by molar-refractivity contribution is 8.26. The first kappa shape index (κ1) is 23.0. The van der Waals surface area contributed by atoms with Crippen LogP contribution in [0.4, 0.5) is 10.1 Å². The van der Waals surface area contributed by atoms with E-state index in [0.29, 0.717) is 0 Å². The molecular weight excluding hydrogens is 459 g/mol. The maximum atomic E-state index is 13.8. The van der Waals surface area contributed by atoms with Gasteiger partial charge in [-0.05, 0) is 18.2 Å². The van der Waals surface area contributed by atoms with Crippen LogP contribution in [-0.2, 0) is 9.59 Å². The van der Waals surface area contributed by atoms with Gasteiger partial charge in [0.2, 0.25) is 5.91 Å². The summed E-state index contributed by atoms with van der Waals surface area (Å²) < 4.78 is 14.0. The monoisotopic (exact) mass is 474 g/mol. The minimum atomic E-state index is -0.857. The zero-order chi connectivity index (χ0) is 23.3. The molecule has 1 aliphatic rings. The molecule has 0 atom stereocenters. The number of hydrogen-bond acceptors (Lipinski definition) is 7. The van der Waals surface area contributed by atoms with Crippen LogP contribution in [0.2, 0.25) is 0 Å². The second-order valence-electron chi connectivity index (χ2n) is 6.38. The van der Waals surface area contributed by atoms with E-state index in [1.165, 1.54) is 53.4 Å². The molecular formula is C20H15FN4O5S2. The summed E-state index contributed by atoms with van der Waals surface area (Å²) in [7, 11) is 0. The van der Waals surface area contributed by atoms with Gasteiger partial charge >= 0.3 is 0 Å². The first-order valence-corrected chi connectivity index (χ1v) is 10.3. The van der Waals surface area contributed by atoms with Crippen LogP contribution in [0.25, 0.3) is 6.08 Å². The standard InChI is InChI=1S/C20H15FN4O5S2/c21-14-7-3-1-5-12(14)11-16-19(28)24(20(31)32-16)10-9-17(26)22-23-18(27)13-6-2-4-8-15(13)25(29)30/h1-8,11H,9-10H2,(H,22,26)(H,23,27)/b16-11-. The Morgan fingerprint density at radius 2 is 1.84 bits per heavy atom. The fraction of sp³-hybridized carbons (Fsp3) is 0.100. The lowest BCUT2D eigenvalue weighted by Gasteiger charge is -2.14. The van der Waals surface area contributed by atoms with E-state index in [4.69, 9.17) is 12.2 Å². The summed E-state index contributed by atoms with van der Waals surface area (Å²) in [4.78, 5) is 48.5. The number of rotatable bonds is 6. The number of nitro groups is 1. The van der Waals surface area contributed by atoms with Crippen molar-refractivity contribution in [1.29, 1.82) is 0 Å². The number of hydrogen-bond donors (Lipinski definition) is 2. The maximum Gasteiger partial charge on any atom is 0.282 e. The molecule has 2 aromatic rings. The van der Waals surface area contributed by atoms with E-state index < -0.39 is 34.1 Å². The molecule has 2 aromatic carbocycles. The summed E-state index contributed by atoms with van der Waals surface area (Å²) in [5.41, 5.74) is 3.87. The third-order valence-corrected chi connectivity index (χ3v) is 5.67. The lowest BCUT2D eigenvalue weighted by molar-refractivity contribution is -0.385. The van der Waals surface area contributed by atoms with Crippen LogP contribution in [0.3, 0.4) is 0 Å². The van der Waals surface area contributed by atoms with Crippen LogP contribution in [0.1, 0.15) is 22.3 Å². The van der Waals surface area contributed by atoms with Crippen molar-refractivity contribution >= 4 is 57.8 Å². The molecule has 12 heteroatoms. The van der Waals surface area contributed by atoms with Gasteiger partial charge in [-0.15, -0.1) is 0 Å². The molecule has 0 bridgehead atoms. The molecule has 0 radical (unpaired) electrons. The molecule has 2 N–H and O–H groups in total. The summed E-state index contributed by atoms with van der Waals surface area (Å²) in [6, 6.07) is 11.3. The van der Waals surface area contributed by atoms with Gasteiger partial charge in [0.1, 0.15) is 15.7 Å². The number of para-hydroxylation sites is 1. The fourth-order valence-electron chi connectivity index (χ4n) is 2.72. The van der Waals surface area contributed by atoms with E-state index in [2.05, 4.69) is 10.9 Å². The largest absolute Gasteiger partial charge is 0.292 e. The fourth-order valence-corrected chi connectivity index (χ4v) is 4.02. The summed E-state index contributed by atoms with van der Waals surface area (Å²) in [5.74, 6) is -2.43. The van der Waals surface area contributed by atoms with Crippen LogP contribution < -0.4 is 10.9 Å². The van der Waals surface area contributed by atoms with Crippen molar-refractivity contribution in [2.75, 3.05) is 6.54 Å². The van der Waals surface area contributed by atoms with E-state index in [0.717, 1.165) is 11.8 Å². The van der Waals surface area contributed by atoms with Gasteiger partial charge in [-0.1, -0.05) is 54.3 Å². The van der Waals surface area contributed by atoms with Gasteiger partial charge in [-0.3, -0.25) is 40.2 Å². The van der Waals surface area contributed by atoms with Crippen LogP contribution >= 0.6 is 24.0 Å². The third-order valence-electron chi connectivity index (χ3n) is 4.29. The van der Waals surface area contributed by atoms with Gasteiger partial charge in [0.25, 0.3) is 17.5 Å². The number of halogens is 1. The molecule has 1 heterocycles. The predicted octanol–water partition coefficient (Wildman–Crippen LogP) is 2.79. The van der Waals surface area contributed by atoms with E-state index in [1.807, 2.05) is 0 Å². The number of thiocarbonyl (C=S) groups is 1. The van der Waals surface area contributed by atoms with Crippen LogP contribution in [0, 0.1) is 15.9 Å². The number of nitrogens with zero attached hydrogens (tertiary/aromatic N) is 2. The van der Waals surface area contributed by atoms with Gasteiger partial charge < -0.3 is 0 Å². The average Bonchev–Trinajstić information content (AvgIpc) is 3.04. The molecule has 1 fully saturated rings. The maximum absolute atomic E-state index is 13.8. The number of nitro benzene ring substituents is 1. The normalized spacial score (nSPS) is 14.5. The number of carbonyl (C=O) groups excluding carboxylic acids is 3. The molecule has 0 saturated carbocycles. The Hall–Kier alpha value is -3.64. The lowest BCUT2D eigenvalue weighted by Crippen LogP contribution is -2.43. The quantitative estimate of drug-likeness (QED) is 0.286. The Kier molecular flexibility index (Phi) is 7.28. The van der Waals surface area contributed by atoms with E-state index in [-0.39, 0.29) is 33.3 Å². The number of benzene rings is 2. The summed E-state index contributed by atoms with van der Waals surface area (Å²) in [6.45, 7) is -0.0630. The van der Waals surface area contributed by atoms with Crippen LogP contribution in [0.5, 0.6) is 0 Å². The van der Waals surface area contributed by atoms with Crippen molar-refractivity contribution < 1.29 is 23.7 Å². The highest BCUT2D eigenvalue weighted by Gasteiger charge is 2.32. The Balaban J connectivity index is 1.55. The molecule has 0 unspecified atom stereocenters. The van der Waals surface area contributed by atoms with Gasteiger partial charge in [0.05, 0.1) is 9.83 Å². The van der Waals surface area contributed by atoms with E-state index in [1.54, 1.807) is 6.07 Å². The average molecular weight is 474 g/mol. The van der Waals surface area contributed by atoms with Crippen molar-refractivity contribution in [3.05, 3.63) is 80.5 Å². The molecule has 0 aliphatic carbocycles. The molecule has 3 amide bonds. The second kappa shape index (κ2) is 10.1. The first-order chi connectivity index (χ1) is 15.3. The van der Waals surface area contributed by atoms with Crippen LogP contribution in [0.15, 0.2) is 53.4 Å². The van der Waals surface area contributed by atoms with E-state index in [9.17, 15) is 28.9 Å². The number of nitrogens with one attached hydrogen (secondary N) is 2. The minimum absolute atomic E-state index is 0.0630. The molecule has 1 saturated heterocycles. The molecule has 1 aliphatic heterocycles. The summed E-state index contributed by atoms with van der Waals surface area (Å²) in [6.07, 6.45) is 1.19. The topological polar surface area (TPSA) is 122 Å². The summed E-state index contributed by atoms with van der Waals surface area (Å²) >= 11 is 6.17. The molecule has 164 valence electrons. The van der Waals surface area contributed by atoms with Crippen LogP contribution in [-0.4, -0.2) is 38.4 Å². The van der Waals surface area contributed by atoms with Gasteiger partial charge in [0.15, 0.2) is 0 Å². The molecule has 0 spiro atoms. The number of hydrazine groups is 1. The van der Waals surface area contributed by atoms with Crippen molar-refractivity contribution in [2.45, 2.75) is 6.42 Å². The zero-order valence-electron chi connectivity index (χ0n) is 16.2. The highest BCUT2D eigenvalue weighted by Crippen LogP contribution is 2.32. The molecule has 32 heavy (non-hydrogen) atoms. The van der Waals surface area contributed by atoms with E-state index >= 15 is 0 Å². The minimum Gasteiger partial charge on any atom is -0.292 e. The molecule has 0 aromatic heterocycles. The number of amides is 3. The number of carbonyl (C=O) groups is 3. The second-order valence-corrected chi connectivity index (χ2v) is 8.06. The van der Waals surface area contributed by atoms with Gasteiger partial charge in [0, 0.05) is 24.6 Å². The third kappa shape index (κ3) is 5.34. The van der Waals surface area contributed by atoms with Crippen molar-refractivity contribution in [3.8, 4) is 0 Å². The SMILES string of the molecule is O=C(CCN1C(=O)/C(=C/c2ccccc2F)SC1=S)NNC(=O)c1ccccc1[N+](=O)[O-]. The zero-order valence-corrected chi connectivity index (χ0v) is 17.9. The molecule has 9 nitrogen and oxygen atoms in total. The Morgan fingerprint density at radius 1 is 1.16 bits per heavy atom. The van der Waals surface area contributed by atoms with Gasteiger partial charge in [-0.25, -0.2) is 4.39 Å². The van der Waals surface area contributed by atoms with Crippen molar-refractivity contribution in [1.82, 2.24) is 15.8 Å². The predicted molar refractivity (Wildman–Crippen MR) is 120 cm³/mol. The Bertz CT molecular complexity index is 1150. The lowest BCUT2D eigenvalue weighted by atomic mass is 10.2.